The van der Waals surface area contributed by atoms with E-state index in [0.29, 0.717) is 0 Å². The van der Waals surface area contributed by atoms with E-state index < -0.39 is 0 Å². The van der Waals surface area contributed by atoms with Crippen molar-refractivity contribution in [3.8, 4) is 0 Å². The summed E-state index contributed by atoms with van der Waals surface area (Å²) >= 11 is 0. The lowest BCUT2D eigenvalue weighted by molar-refractivity contribution is -0.122. The van der Waals surface area contributed by atoms with Crippen LogP contribution in [0.3, 0.4) is 0 Å². The van der Waals surface area contributed by atoms with E-state index >= 15 is 0 Å². The second-order valence-corrected chi connectivity index (χ2v) is 5.65. The Kier molecular flexibility index (Phi) is 5.20. The molecule has 0 spiro atoms. The molecule has 0 aromatic carbocycles. The number of amides is 1. The zero-order chi connectivity index (χ0) is 12.1. The van der Waals surface area contributed by atoms with E-state index in [1.54, 1.807) is 0 Å². The summed E-state index contributed by atoms with van der Waals surface area (Å²) in [6.45, 7) is 12.2. The predicted octanol–water partition coefficient (Wildman–Crippen LogP) is 0.298. The minimum absolute atomic E-state index is 0.0439. The van der Waals surface area contributed by atoms with Gasteiger partial charge in [0.1, 0.15) is 0 Å². The zero-order valence-corrected chi connectivity index (χ0v) is 10.6. The molecule has 5 nitrogen and oxygen atoms in total. The van der Waals surface area contributed by atoms with Crippen molar-refractivity contribution >= 4 is 5.91 Å². The van der Waals surface area contributed by atoms with Gasteiger partial charge in [-0.2, -0.15) is 0 Å². The summed E-state index contributed by atoms with van der Waals surface area (Å²) < 4.78 is 0. The summed E-state index contributed by atoms with van der Waals surface area (Å²) in [6, 6.07) is 0. The van der Waals surface area contributed by atoms with Crippen molar-refractivity contribution in [1.29, 1.82) is 0 Å². The standard InChI is InChI=1S/C10H24N4O/c1-9(2,3)13-11-7-8(15)12-14-10(4,5)6/h11,13-14H,7H2,1-6H3,(H,12,15). The Bertz CT molecular complexity index is 202. The average Bonchev–Trinajstić information content (AvgIpc) is 1.97. The number of rotatable bonds is 4. The molecule has 15 heavy (non-hydrogen) atoms. The normalized spacial score (nSPS) is 12.7. The first-order chi connectivity index (χ1) is 6.60. The molecule has 0 aliphatic heterocycles. The van der Waals surface area contributed by atoms with E-state index in [2.05, 4.69) is 21.7 Å². The Balaban J connectivity index is 3.60. The summed E-state index contributed by atoms with van der Waals surface area (Å²) in [5, 5.41) is 0. The molecule has 0 aromatic rings. The lowest BCUT2D eigenvalue weighted by atomic mass is 10.1. The van der Waals surface area contributed by atoms with Gasteiger partial charge in [-0.15, -0.1) is 0 Å². The van der Waals surface area contributed by atoms with Crippen LogP contribution < -0.4 is 21.7 Å². The molecule has 0 saturated carbocycles. The fourth-order valence-electron chi connectivity index (χ4n) is 0.691. The summed E-state index contributed by atoms with van der Waals surface area (Å²) in [5.74, 6) is -0.0957. The van der Waals surface area contributed by atoms with Crippen molar-refractivity contribution in [3.63, 3.8) is 0 Å². The Morgan fingerprint density at radius 2 is 1.40 bits per heavy atom. The van der Waals surface area contributed by atoms with Gasteiger partial charge in [0, 0.05) is 11.1 Å². The number of carbonyl (C=O) groups is 1. The van der Waals surface area contributed by atoms with E-state index in [1.807, 2.05) is 41.5 Å². The number of carbonyl (C=O) groups excluding carboxylic acids is 1. The van der Waals surface area contributed by atoms with Crippen LogP contribution in [0.4, 0.5) is 0 Å². The third-order valence-electron chi connectivity index (χ3n) is 1.29. The van der Waals surface area contributed by atoms with E-state index in [-0.39, 0.29) is 23.5 Å². The highest BCUT2D eigenvalue weighted by Gasteiger charge is 2.11. The molecular formula is C10H24N4O. The SMILES string of the molecule is CC(C)(C)NNCC(=O)NNC(C)(C)C. The van der Waals surface area contributed by atoms with Gasteiger partial charge in [0.25, 0.3) is 0 Å². The number of nitrogens with one attached hydrogen (secondary N) is 4. The summed E-state index contributed by atoms with van der Waals surface area (Å²) in [6.07, 6.45) is 0. The summed E-state index contributed by atoms with van der Waals surface area (Å²) in [5.41, 5.74) is 11.2. The number of hydrazine groups is 2. The van der Waals surface area contributed by atoms with Crippen LogP contribution in [-0.2, 0) is 4.79 Å². The first-order valence-electron chi connectivity index (χ1n) is 5.16. The summed E-state index contributed by atoms with van der Waals surface area (Å²) in [7, 11) is 0. The molecule has 0 aliphatic carbocycles. The second-order valence-electron chi connectivity index (χ2n) is 5.65. The predicted molar refractivity (Wildman–Crippen MR) is 61.9 cm³/mol. The highest BCUT2D eigenvalue weighted by atomic mass is 16.2. The van der Waals surface area contributed by atoms with Gasteiger partial charge < -0.3 is 0 Å². The first-order valence-corrected chi connectivity index (χ1v) is 5.16. The van der Waals surface area contributed by atoms with E-state index in [9.17, 15) is 4.79 Å². The van der Waals surface area contributed by atoms with E-state index in [1.165, 1.54) is 0 Å². The van der Waals surface area contributed by atoms with Crippen LogP contribution in [0.2, 0.25) is 0 Å². The molecule has 0 fully saturated rings. The van der Waals surface area contributed by atoms with Crippen LogP contribution in [-0.4, -0.2) is 23.5 Å². The molecule has 0 rings (SSSR count). The van der Waals surface area contributed by atoms with Crippen LogP contribution >= 0.6 is 0 Å². The van der Waals surface area contributed by atoms with Crippen LogP contribution in [0, 0.1) is 0 Å². The van der Waals surface area contributed by atoms with Crippen LogP contribution in [0.1, 0.15) is 41.5 Å². The highest BCUT2D eigenvalue weighted by molar-refractivity contribution is 5.77. The molecule has 0 unspecified atom stereocenters. The molecular weight excluding hydrogens is 192 g/mol. The van der Waals surface area contributed by atoms with E-state index in [4.69, 9.17) is 0 Å². The molecule has 0 heterocycles. The van der Waals surface area contributed by atoms with Crippen molar-refractivity contribution in [3.05, 3.63) is 0 Å². The number of hydrogen-bond acceptors (Lipinski definition) is 4. The zero-order valence-electron chi connectivity index (χ0n) is 10.6. The molecule has 0 aliphatic rings. The lowest BCUT2D eigenvalue weighted by Gasteiger charge is -2.23. The lowest BCUT2D eigenvalue weighted by Crippen LogP contribution is -2.54. The van der Waals surface area contributed by atoms with Gasteiger partial charge in [0.05, 0.1) is 6.54 Å². The molecule has 0 saturated heterocycles. The van der Waals surface area contributed by atoms with Crippen LogP contribution in [0.5, 0.6) is 0 Å². The molecule has 1 amide bonds. The fourth-order valence-corrected chi connectivity index (χ4v) is 0.691. The molecule has 4 N–H and O–H groups in total. The first kappa shape index (κ1) is 14.3. The quantitative estimate of drug-likeness (QED) is 0.510. The Morgan fingerprint density at radius 3 is 1.80 bits per heavy atom. The van der Waals surface area contributed by atoms with Gasteiger partial charge in [-0.05, 0) is 41.5 Å². The highest BCUT2D eigenvalue weighted by Crippen LogP contribution is 1.95. The molecule has 0 bridgehead atoms. The van der Waals surface area contributed by atoms with Crippen LogP contribution in [0.25, 0.3) is 0 Å². The molecule has 90 valence electrons. The third-order valence-corrected chi connectivity index (χ3v) is 1.29. The van der Waals surface area contributed by atoms with Gasteiger partial charge in [-0.3, -0.25) is 15.6 Å². The minimum atomic E-state index is -0.118. The van der Waals surface area contributed by atoms with Crippen molar-refractivity contribution in [2.24, 2.45) is 0 Å². The smallest absolute Gasteiger partial charge is 0.249 e. The van der Waals surface area contributed by atoms with Gasteiger partial charge in [-0.25, -0.2) is 10.9 Å². The molecule has 0 atom stereocenters. The maximum absolute atomic E-state index is 11.3. The second kappa shape index (κ2) is 5.44. The fraction of sp³-hybridized carbons (Fsp3) is 0.900. The van der Waals surface area contributed by atoms with Crippen molar-refractivity contribution in [2.45, 2.75) is 52.6 Å². The third kappa shape index (κ3) is 11.3. The van der Waals surface area contributed by atoms with Crippen molar-refractivity contribution in [2.75, 3.05) is 6.54 Å². The maximum Gasteiger partial charge on any atom is 0.249 e. The van der Waals surface area contributed by atoms with Crippen molar-refractivity contribution < 1.29 is 4.79 Å². The topological polar surface area (TPSA) is 65.2 Å². The minimum Gasteiger partial charge on any atom is -0.290 e. The Labute approximate surface area is 92.3 Å². The van der Waals surface area contributed by atoms with E-state index in [0.717, 1.165) is 0 Å². The Morgan fingerprint density at radius 1 is 0.933 bits per heavy atom. The van der Waals surface area contributed by atoms with Gasteiger partial charge >= 0.3 is 0 Å². The summed E-state index contributed by atoms with van der Waals surface area (Å²) in [4.78, 5) is 11.3. The monoisotopic (exact) mass is 216 g/mol. The Hall–Kier alpha value is -0.650. The average molecular weight is 216 g/mol. The van der Waals surface area contributed by atoms with Gasteiger partial charge in [-0.1, -0.05) is 0 Å². The van der Waals surface area contributed by atoms with Gasteiger partial charge in [0.2, 0.25) is 5.91 Å². The van der Waals surface area contributed by atoms with Crippen LogP contribution in [0.15, 0.2) is 0 Å². The molecule has 5 heteroatoms. The maximum atomic E-state index is 11.3. The molecule has 0 radical (unpaired) electrons. The van der Waals surface area contributed by atoms with Gasteiger partial charge in [0.15, 0.2) is 0 Å². The van der Waals surface area contributed by atoms with Crippen molar-refractivity contribution in [1.82, 2.24) is 21.7 Å². The largest absolute Gasteiger partial charge is 0.290 e. The number of hydrogen-bond donors (Lipinski definition) is 4. The molecule has 0 aromatic heterocycles.